The van der Waals surface area contributed by atoms with E-state index in [1.165, 1.54) is 12.1 Å². The van der Waals surface area contributed by atoms with Crippen LogP contribution in [-0.2, 0) is 4.79 Å². The Kier molecular flexibility index (Phi) is 4.32. The van der Waals surface area contributed by atoms with Gasteiger partial charge in [0.25, 0.3) is 5.91 Å². The first-order valence-corrected chi connectivity index (χ1v) is 6.05. The van der Waals surface area contributed by atoms with Gasteiger partial charge in [0.2, 0.25) is 5.91 Å². The summed E-state index contributed by atoms with van der Waals surface area (Å²) in [6.45, 7) is 1.37. The van der Waals surface area contributed by atoms with E-state index in [0.717, 1.165) is 12.1 Å². The smallest absolute Gasteiger partial charge is 0.287 e. The summed E-state index contributed by atoms with van der Waals surface area (Å²) >= 11 is 0. The second-order valence-electron chi connectivity index (χ2n) is 4.27. The molecule has 0 unspecified atom stereocenters. The van der Waals surface area contributed by atoms with E-state index in [-0.39, 0.29) is 18.0 Å². The van der Waals surface area contributed by atoms with E-state index < -0.39 is 23.4 Å². The average molecular weight is 294 g/mol. The van der Waals surface area contributed by atoms with Gasteiger partial charge in [0.1, 0.15) is 5.76 Å². The molecule has 2 aromatic rings. The van der Waals surface area contributed by atoms with Gasteiger partial charge in [-0.05, 0) is 31.2 Å². The number of nitrogens with one attached hydrogen (secondary N) is 2. The summed E-state index contributed by atoms with van der Waals surface area (Å²) in [4.78, 5) is 23.2. The number of aryl methyl sites for hydroxylation is 1. The lowest BCUT2D eigenvalue weighted by Crippen LogP contribution is -2.32. The lowest BCUT2D eigenvalue weighted by molar-refractivity contribution is -0.115. The highest BCUT2D eigenvalue weighted by molar-refractivity contribution is 5.98. The molecule has 0 saturated carbocycles. The number of carbonyl (C=O) groups is 2. The van der Waals surface area contributed by atoms with Gasteiger partial charge in [-0.3, -0.25) is 9.59 Å². The number of anilines is 1. The fraction of sp³-hybridized carbons (Fsp3) is 0.143. The molecule has 2 N–H and O–H groups in total. The predicted molar refractivity (Wildman–Crippen MR) is 70.8 cm³/mol. The minimum Gasteiger partial charge on any atom is -0.456 e. The van der Waals surface area contributed by atoms with Gasteiger partial charge >= 0.3 is 0 Å². The predicted octanol–water partition coefficient (Wildman–Crippen LogP) is 2.23. The largest absolute Gasteiger partial charge is 0.456 e. The highest BCUT2D eigenvalue weighted by atomic mass is 19.2. The summed E-state index contributed by atoms with van der Waals surface area (Å²) in [6.07, 6.45) is 0. The van der Waals surface area contributed by atoms with Crippen LogP contribution in [0.1, 0.15) is 16.3 Å². The summed E-state index contributed by atoms with van der Waals surface area (Å²) < 4.78 is 30.8. The first kappa shape index (κ1) is 14.7. The van der Waals surface area contributed by atoms with Crippen LogP contribution in [0.5, 0.6) is 0 Å². The molecule has 1 heterocycles. The van der Waals surface area contributed by atoms with Crippen molar-refractivity contribution in [1.29, 1.82) is 0 Å². The average Bonchev–Trinajstić information content (AvgIpc) is 2.87. The fourth-order valence-corrected chi connectivity index (χ4v) is 1.58. The van der Waals surface area contributed by atoms with Crippen LogP contribution in [0.25, 0.3) is 0 Å². The highest BCUT2D eigenvalue weighted by Crippen LogP contribution is 2.12. The number of benzene rings is 1. The van der Waals surface area contributed by atoms with Gasteiger partial charge in [0.05, 0.1) is 6.54 Å². The third kappa shape index (κ3) is 3.88. The van der Waals surface area contributed by atoms with Gasteiger partial charge in [-0.2, -0.15) is 0 Å². The van der Waals surface area contributed by atoms with Crippen molar-refractivity contribution in [3.8, 4) is 0 Å². The summed E-state index contributed by atoms with van der Waals surface area (Å²) in [5.41, 5.74) is 0.0991. The van der Waals surface area contributed by atoms with Crippen LogP contribution in [-0.4, -0.2) is 18.4 Å². The van der Waals surface area contributed by atoms with E-state index >= 15 is 0 Å². The zero-order valence-electron chi connectivity index (χ0n) is 11.1. The molecule has 1 aromatic heterocycles. The number of hydrogen-bond acceptors (Lipinski definition) is 3. The number of carbonyl (C=O) groups excluding carboxylic acids is 2. The second-order valence-corrected chi connectivity index (χ2v) is 4.27. The molecule has 0 radical (unpaired) electrons. The minimum absolute atomic E-state index is 0.0909. The molecule has 21 heavy (non-hydrogen) atoms. The molecule has 0 spiro atoms. The van der Waals surface area contributed by atoms with Gasteiger partial charge in [-0.25, -0.2) is 8.78 Å². The zero-order valence-corrected chi connectivity index (χ0v) is 11.1. The second kappa shape index (κ2) is 6.17. The monoisotopic (exact) mass is 294 g/mol. The lowest BCUT2D eigenvalue weighted by atomic mass is 10.3. The van der Waals surface area contributed by atoms with Crippen LogP contribution < -0.4 is 10.6 Å². The van der Waals surface area contributed by atoms with E-state index in [9.17, 15) is 18.4 Å². The molecule has 7 heteroatoms. The molecule has 2 rings (SSSR count). The van der Waals surface area contributed by atoms with Crippen molar-refractivity contribution in [1.82, 2.24) is 5.32 Å². The van der Waals surface area contributed by atoms with Crippen LogP contribution in [0, 0.1) is 18.6 Å². The van der Waals surface area contributed by atoms with Crippen LogP contribution in [0.15, 0.2) is 34.7 Å². The van der Waals surface area contributed by atoms with Crippen molar-refractivity contribution in [2.24, 2.45) is 0 Å². The van der Waals surface area contributed by atoms with E-state index in [1.54, 1.807) is 13.0 Å². The van der Waals surface area contributed by atoms with Gasteiger partial charge in [-0.15, -0.1) is 0 Å². The molecule has 1 aromatic carbocycles. The summed E-state index contributed by atoms with van der Waals surface area (Å²) in [5, 5.41) is 4.68. The standard InChI is InChI=1S/C14H12F2N2O3/c1-8-2-5-12(21-8)14(20)17-7-13(19)18-9-3-4-10(15)11(16)6-9/h2-6H,7H2,1H3,(H,17,20)(H,18,19). The summed E-state index contributed by atoms with van der Waals surface area (Å²) in [5.74, 6) is -2.52. The fourth-order valence-electron chi connectivity index (χ4n) is 1.58. The van der Waals surface area contributed by atoms with Crippen LogP contribution in [0.3, 0.4) is 0 Å². The van der Waals surface area contributed by atoms with Gasteiger partial charge in [0.15, 0.2) is 17.4 Å². The van der Waals surface area contributed by atoms with Crippen molar-refractivity contribution in [2.75, 3.05) is 11.9 Å². The molecule has 0 atom stereocenters. The Bertz CT molecular complexity index is 683. The molecular formula is C14H12F2N2O3. The Morgan fingerprint density at radius 2 is 1.90 bits per heavy atom. The van der Waals surface area contributed by atoms with Crippen molar-refractivity contribution in [3.05, 3.63) is 53.5 Å². The van der Waals surface area contributed by atoms with E-state index in [2.05, 4.69) is 10.6 Å². The van der Waals surface area contributed by atoms with E-state index in [1.807, 2.05) is 0 Å². The number of furan rings is 1. The molecule has 0 aliphatic rings. The Labute approximate surface area is 118 Å². The third-order valence-electron chi connectivity index (χ3n) is 2.58. The molecule has 110 valence electrons. The van der Waals surface area contributed by atoms with Crippen molar-refractivity contribution >= 4 is 17.5 Å². The van der Waals surface area contributed by atoms with Crippen molar-refractivity contribution in [3.63, 3.8) is 0 Å². The number of amides is 2. The van der Waals surface area contributed by atoms with Crippen molar-refractivity contribution < 1.29 is 22.8 Å². The number of hydrogen-bond donors (Lipinski definition) is 2. The van der Waals surface area contributed by atoms with Crippen LogP contribution in [0.2, 0.25) is 0 Å². The molecule has 0 saturated heterocycles. The van der Waals surface area contributed by atoms with Gasteiger partial charge in [-0.1, -0.05) is 0 Å². The molecule has 0 bridgehead atoms. The molecule has 0 fully saturated rings. The summed E-state index contributed by atoms with van der Waals surface area (Å²) in [7, 11) is 0. The molecule has 0 aliphatic carbocycles. The minimum atomic E-state index is -1.07. The van der Waals surface area contributed by atoms with Crippen LogP contribution >= 0.6 is 0 Å². The van der Waals surface area contributed by atoms with E-state index in [4.69, 9.17) is 4.42 Å². The highest BCUT2D eigenvalue weighted by Gasteiger charge is 2.12. The van der Waals surface area contributed by atoms with Crippen LogP contribution in [0.4, 0.5) is 14.5 Å². The van der Waals surface area contributed by atoms with E-state index in [0.29, 0.717) is 5.76 Å². The Morgan fingerprint density at radius 3 is 2.52 bits per heavy atom. The van der Waals surface area contributed by atoms with Gasteiger partial charge < -0.3 is 15.1 Å². The first-order chi connectivity index (χ1) is 9.95. The Hall–Kier alpha value is -2.70. The molecule has 0 aliphatic heterocycles. The zero-order chi connectivity index (χ0) is 15.4. The number of rotatable bonds is 4. The maximum Gasteiger partial charge on any atom is 0.287 e. The quantitative estimate of drug-likeness (QED) is 0.908. The molecule has 5 nitrogen and oxygen atoms in total. The normalized spacial score (nSPS) is 10.2. The maximum atomic E-state index is 13.0. The maximum absolute atomic E-state index is 13.0. The SMILES string of the molecule is Cc1ccc(C(=O)NCC(=O)Nc2ccc(F)c(F)c2)o1. The lowest BCUT2D eigenvalue weighted by Gasteiger charge is -2.06. The third-order valence-corrected chi connectivity index (χ3v) is 2.58. The number of halogens is 2. The molecular weight excluding hydrogens is 282 g/mol. The van der Waals surface area contributed by atoms with Crippen molar-refractivity contribution in [2.45, 2.75) is 6.92 Å². The summed E-state index contributed by atoms with van der Waals surface area (Å²) in [6, 6.07) is 6.07. The van der Waals surface area contributed by atoms with Gasteiger partial charge in [0, 0.05) is 11.8 Å². The Morgan fingerprint density at radius 1 is 1.14 bits per heavy atom. The Balaban J connectivity index is 1.87. The topological polar surface area (TPSA) is 71.3 Å². The first-order valence-electron chi connectivity index (χ1n) is 6.05. The molecule has 2 amide bonds.